The molecule has 3 aromatic rings. The van der Waals surface area contributed by atoms with Gasteiger partial charge in [0.1, 0.15) is 11.4 Å². The predicted molar refractivity (Wildman–Crippen MR) is 128 cm³/mol. The van der Waals surface area contributed by atoms with E-state index in [4.69, 9.17) is 16.3 Å². The van der Waals surface area contributed by atoms with Crippen molar-refractivity contribution in [3.63, 3.8) is 0 Å². The van der Waals surface area contributed by atoms with Gasteiger partial charge in [-0.2, -0.15) is 0 Å². The van der Waals surface area contributed by atoms with Crippen molar-refractivity contribution in [3.05, 3.63) is 94.1 Å². The number of amides is 2. The molecule has 0 aliphatic carbocycles. The summed E-state index contributed by atoms with van der Waals surface area (Å²) in [5.74, 6) is -0.126. The highest BCUT2D eigenvalue weighted by Crippen LogP contribution is 2.36. The molecule has 1 heterocycles. The lowest BCUT2D eigenvalue weighted by molar-refractivity contribution is -0.120. The Hall–Kier alpha value is -3.57. The van der Waals surface area contributed by atoms with Crippen LogP contribution < -0.4 is 15.0 Å². The summed E-state index contributed by atoms with van der Waals surface area (Å²) in [5.41, 5.74) is 4.40. The van der Waals surface area contributed by atoms with E-state index in [2.05, 4.69) is 5.32 Å². The zero-order chi connectivity index (χ0) is 22.8. The molecule has 0 saturated carbocycles. The number of hydrogen-bond acceptors (Lipinski definition) is 4. The molecule has 0 bridgehead atoms. The number of anilines is 2. The number of aryl methyl sites for hydroxylation is 2. The molecule has 1 N–H and O–H groups in total. The molecule has 0 unspecified atom stereocenters. The van der Waals surface area contributed by atoms with E-state index >= 15 is 0 Å². The van der Waals surface area contributed by atoms with Crippen LogP contribution in [0.1, 0.15) is 23.6 Å². The van der Waals surface area contributed by atoms with Gasteiger partial charge >= 0.3 is 0 Å². The highest BCUT2D eigenvalue weighted by atomic mass is 35.5. The number of hydrogen-bond donors (Lipinski definition) is 1. The second-order valence-electron chi connectivity index (χ2n) is 7.58. The summed E-state index contributed by atoms with van der Waals surface area (Å²) in [6.45, 7) is 6.36. The van der Waals surface area contributed by atoms with Gasteiger partial charge in [-0.3, -0.25) is 9.59 Å². The molecule has 0 radical (unpaired) electrons. The van der Waals surface area contributed by atoms with Crippen LogP contribution in [-0.4, -0.2) is 18.4 Å². The highest BCUT2D eigenvalue weighted by Gasteiger charge is 2.40. The third-order valence-corrected chi connectivity index (χ3v) is 5.49. The van der Waals surface area contributed by atoms with Crippen LogP contribution in [0.5, 0.6) is 5.75 Å². The number of carbonyl (C=O) groups excluding carboxylic acids is 2. The van der Waals surface area contributed by atoms with Crippen molar-refractivity contribution in [2.75, 3.05) is 16.8 Å². The Bertz CT molecular complexity index is 1230. The molecule has 3 aromatic carbocycles. The molecule has 32 heavy (non-hydrogen) atoms. The Balaban J connectivity index is 1.82. The van der Waals surface area contributed by atoms with Gasteiger partial charge in [0.15, 0.2) is 0 Å². The van der Waals surface area contributed by atoms with Gasteiger partial charge in [0.25, 0.3) is 11.8 Å². The molecular weight excluding hydrogens is 424 g/mol. The lowest BCUT2D eigenvalue weighted by Crippen LogP contribution is -2.32. The number of halogens is 1. The average molecular weight is 447 g/mol. The lowest BCUT2D eigenvalue weighted by Gasteiger charge is -2.15. The molecule has 162 valence electrons. The second-order valence-corrected chi connectivity index (χ2v) is 8.01. The Morgan fingerprint density at radius 3 is 2.38 bits per heavy atom. The van der Waals surface area contributed by atoms with Crippen molar-refractivity contribution < 1.29 is 14.3 Å². The molecule has 0 atom stereocenters. The van der Waals surface area contributed by atoms with Gasteiger partial charge in [-0.25, -0.2) is 4.90 Å². The van der Waals surface area contributed by atoms with Gasteiger partial charge in [0.2, 0.25) is 0 Å². The first-order valence-corrected chi connectivity index (χ1v) is 10.7. The molecule has 1 aliphatic heterocycles. The Labute approximate surface area is 192 Å². The van der Waals surface area contributed by atoms with Gasteiger partial charge in [0, 0.05) is 16.8 Å². The summed E-state index contributed by atoms with van der Waals surface area (Å²) in [5, 5.41) is 3.71. The minimum atomic E-state index is -0.422. The number of nitrogens with one attached hydrogen (secondary N) is 1. The lowest BCUT2D eigenvalue weighted by atomic mass is 9.97. The van der Waals surface area contributed by atoms with Crippen molar-refractivity contribution in [2.24, 2.45) is 0 Å². The van der Waals surface area contributed by atoms with Crippen LogP contribution >= 0.6 is 11.6 Å². The summed E-state index contributed by atoms with van der Waals surface area (Å²) in [6, 6.07) is 19.8. The summed E-state index contributed by atoms with van der Waals surface area (Å²) < 4.78 is 5.57. The van der Waals surface area contributed by atoms with Crippen LogP contribution in [0.4, 0.5) is 11.4 Å². The van der Waals surface area contributed by atoms with Crippen LogP contribution in [0.15, 0.2) is 72.4 Å². The van der Waals surface area contributed by atoms with E-state index in [1.165, 1.54) is 4.90 Å². The van der Waals surface area contributed by atoms with Crippen LogP contribution in [0.25, 0.3) is 5.57 Å². The minimum Gasteiger partial charge on any atom is -0.494 e. The molecule has 1 aliphatic rings. The van der Waals surface area contributed by atoms with E-state index < -0.39 is 5.91 Å². The Morgan fingerprint density at radius 2 is 1.69 bits per heavy atom. The number of rotatable bonds is 6. The fourth-order valence-corrected chi connectivity index (χ4v) is 3.91. The number of carbonyl (C=O) groups is 2. The molecule has 4 rings (SSSR count). The van der Waals surface area contributed by atoms with E-state index in [0.717, 1.165) is 11.1 Å². The SMILES string of the molecule is CCOc1cccc(NC2=C(c3ccc(C)cc3C)C(=O)N(c3ccc(Cl)cc3)C2=O)c1. The van der Waals surface area contributed by atoms with E-state index in [9.17, 15) is 9.59 Å². The topological polar surface area (TPSA) is 58.6 Å². The van der Waals surface area contributed by atoms with Crippen LogP contribution in [0.2, 0.25) is 5.02 Å². The van der Waals surface area contributed by atoms with Gasteiger partial charge in [0.05, 0.1) is 17.9 Å². The van der Waals surface area contributed by atoms with Crippen LogP contribution in [0.3, 0.4) is 0 Å². The van der Waals surface area contributed by atoms with Crippen molar-refractivity contribution in [2.45, 2.75) is 20.8 Å². The molecule has 2 amide bonds. The Kier molecular flexibility index (Phi) is 6.01. The van der Waals surface area contributed by atoms with Crippen molar-refractivity contribution in [3.8, 4) is 5.75 Å². The maximum absolute atomic E-state index is 13.6. The zero-order valence-electron chi connectivity index (χ0n) is 18.1. The molecule has 0 aromatic heterocycles. The van der Waals surface area contributed by atoms with Crippen molar-refractivity contribution in [1.82, 2.24) is 0 Å². The maximum atomic E-state index is 13.6. The fraction of sp³-hybridized carbons (Fsp3) is 0.154. The van der Waals surface area contributed by atoms with Gasteiger partial charge in [-0.1, -0.05) is 41.4 Å². The molecule has 5 nitrogen and oxygen atoms in total. The quantitative estimate of drug-likeness (QED) is 0.489. The first kappa shape index (κ1) is 21.7. The monoisotopic (exact) mass is 446 g/mol. The summed E-state index contributed by atoms with van der Waals surface area (Å²) in [4.78, 5) is 28.2. The van der Waals surface area contributed by atoms with Crippen LogP contribution in [0, 0.1) is 13.8 Å². The van der Waals surface area contributed by atoms with Crippen LogP contribution in [-0.2, 0) is 9.59 Å². The predicted octanol–water partition coefficient (Wildman–Crippen LogP) is 5.75. The number of ether oxygens (including phenoxy) is 1. The van der Waals surface area contributed by atoms with Crippen molar-refractivity contribution >= 4 is 40.4 Å². The molecule has 0 fully saturated rings. The smallest absolute Gasteiger partial charge is 0.282 e. The maximum Gasteiger partial charge on any atom is 0.282 e. The number of benzene rings is 3. The highest BCUT2D eigenvalue weighted by molar-refractivity contribution is 6.46. The summed E-state index contributed by atoms with van der Waals surface area (Å²) >= 11 is 6.00. The third-order valence-electron chi connectivity index (χ3n) is 5.23. The largest absolute Gasteiger partial charge is 0.494 e. The molecule has 6 heteroatoms. The van der Waals surface area contributed by atoms with Gasteiger partial charge in [-0.15, -0.1) is 0 Å². The normalized spacial score (nSPS) is 13.7. The summed E-state index contributed by atoms with van der Waals surface area (Å²) in [6.07, 6.45) is 0. The third kappa shape index (κ3) is 4.12. The van der Waals surface area contributed by atoms with E-state index in [1.54, 1.807) is 30.3 Å². The zero-order valence-corrected chi connectivity index (χ0v) is 18.9. The first-order chi connectivity index (χ1) is 15.4. The number of imide groups is 1. The first-order valence-electron chi connectivity index (χ1n) is 10.3. The average Bonchev–Trinajstić information content (AvgIpc) is 2.99. The van der Waals surface area contributed by atoms with Gasteiger partial charge < -0.3 is 10.1 Å². The molecule has 0 spiro atoms. The minimum absolute atomic E-state index is 0.227. The van der Waals surface area contributed by atoms with E-state index in [-0.39, 0.29) is 11.6 Å². The fourth-order valence-electron chi connectivity index (χ4n) is 3.79. The van der Waals surface area contributed by atoms with E-state index in [1.807, 2.05) is 57.2 Å². The van der Waals surface area contributed by atoms with Crippen molar-refractivity contribution in [1.29, 1.82) is 0 Å². The second kappa shape index (κ2) is 8.89. The van der Waals surface area contributed by atoms with Gasteiger partial charge in [-0.05, 0) is 68.3 Å². The summed E-state index contributed by atoms with van der Waals surface area (Å²) in [7, 11) is 0. The molecule has 0 saturated heterocycles. The molecular formula is C26H23ClN2O3. The standard InChI is InChI=1S/C26H23ClN2O3/c1-4-32-21-7-5-6-19(15-21)28-24-23(22-13-8-16(2)14-17(22)3)25(30)29(26(24)31)20-11-9-18(27)10-12-20/h5-15,28H,4H2,1-3H3. The van der Waals surface area contributed by atoms with E-state index in [0.29, 0.717) is 39.9 Å². The Morgan fingerprint density at radius 1 is 0.938 bits per heavy atom. The number of nitrogens with zero attached hydrogens (tertiary/aromatic N) is 1.